The molecule has 0 saturated heterocycles. The largest absolute Gasteiger partial charge is 0.411 e. The predicted octanol–water partition coefficient (Wildman–Crippen LogP) is 4.78. The fraction of sp³-hybridized carbons (Fsp3) is 0.0556. The van der Waals surface area contributed by atoms with Gasteiger partial charge in [-0.3, -0.25) is 0 Å². The second-order valence-corrected chi connectivity index (χ2v) is 5.15. The van der Waals surface area contributed by atoms with E-state index < -0.39 is 0 Å². The topological polar surface area (TPSA) is 32.6 Å². The Morgan fingerprint density at radius 3 is 2.10 bits per heavy atom. The van der Waals surface area contributed by atoms with Gasteiger partial charge in [0.15, 0.2) is 0 Å². The first-order chi connectivity index (χ1) is 9.79. The van der Waals surface area contributed by atoms with Crippen LogP contribution in [0.1, 0.15) is 12.5 Å². The Morgan fingerprint density at radius 1 is 0.800 bits per heavy atom. The molecule has 20 heavy (non-hydrogen) atoms. The van der Waals surface area contributed by atoms with Crippen molar-refractivity contribution in [1.29, 1.82) is 0 Å². The first kappa shape index (κ1) is 11.2. The molecular formula is C18H13NO. The second kappa shape index (κ2) is 3.94. The molecule has 0 fully saturated rings. The molecule has 2 nitrogen and oxygen atoms in total. The Balaban J connectivity index is 2.32. The standard InChI is InChI=1S/C18H13NO/c1-11(19-20)15-9-7-14-6-5-12-3-2-4-13-8-10-16(15)18(14)17(12)13/h2-10,20H,1H3/b19-11-. The smallest absolute Gasteiger partial charge is 0.0843 e. The van der Waals surface area contributed by atoms with Crippen LogP contribution < -0.4 is 0 Å². The molecule has 2 heteroatoms. The summed E-state index contributed by atoms with van der Waals surface area (Å²) in [6.45, 7) is 1.83. The maximum atomic E-state index is 9.07. The van der Waals surface area contributed by atoms with Crippen molar-refractivity contribution < 1.29 is 5.21 Å². The third-order valence-corrected chi connectivity index (χ3v) is 4.07. The van der Waals surface area contributed by atoms with Gasteiger partial charge in [-0.2, -0.15) is 0 Å². The van der Waals surface area contributed by atoms with Crippen LogP contribution in [0.5, 0.6) is 0 Å². The molecule has 96 valence electrons. The van der Waals surface area contributed by atoms with Gasteiger partial charge >= 0.3 is 0 Å². The van der Waals surface area contributed by atoms with Crippen LogP contribution in [-0.2, 0) is 0 Å². The van der Waals surface area contributed by atoms with Crippen LogP contribution in [0.3, 0.4) is 0 Å². The van der Waals surface area contributed by atoms with Gasteiger partial charge in [-0.05, 0) is 39.2 Å². The number of hydrogen-bond acceptors (Lipinski definition) is 2. The van der Waals surface area contributed by atoms with Crippen LogP contribution >= 0.6 is 0 Å². The van der Waals surface area contributed by atoms with Crippen molar-refractivity contribution in [3.8, 4) is 0 Å². The monoisotopic (exact) mass is 259 g/mol. The molecule has 0 saturated carbocycles. The van der Waals surface area contributed by atoms with Crippen LogP contribution in [0.4, 0.5) is 0 Å². The van der Waals surface area contributed by atoms with E-state index in [-0.39, 0.29) is 0 Å². The van der Waals surface area contributed by atoms with Crippen LogP contribution in [0, 0.1) is 0 Å². The number of rotatable bonds is 1. The van der Waals surface area contributed by atoms with Gasteiger partial charge in [-0.15, -0.1) is 0 Å². The van der Waals surface area contributed by atoms with E-state index in [2.05, 4.69) is 53.7 Å². The van der Waals surface area contributed by atoms with E-state index in [1.54, 1.807) is 0 Å². The predicted molar refractivity (Wildman–Crippen MR) is 84.1 cm³/mol. The molecule has 4 rings (SSSR count). The van der Waals surface area contributed by atoms with E-state index in [9.17, 15) is 0 Å². The number of nitrogens with zero attached hydrogens (tertiary/aromatic N) is 1. The van der Waals surface area contributed by atoms with Gasteiger partial charge in [0.05, 0.1) is 5.71 Å². The van der Waals surface area contributed by atoms with Gasteiger partial charge in [0.1, 0.15) is 0 Å². The summed E-state index contributed by atoms with van der Waals surface area (Å²) in [5, 5.41) is 19.8. The minimum absolute atomic E-state index is 0.642. The van der Waals surface area contributed by atoms with Crippen LogP contribution in [0.15, 0.2) is 59.8 Å². The molecule has 0 bridgehead atoms. The lowest BCUT2D eigenvalue weighted by molar-refractivity contribution is 0.319. The molecule has 0 aliphatic rings. The highest BCUT2D eigenvalue weighted by Crippen LogP contribution is 2.35. The van der Waals surface area contributed by atoms with Crippen molar-refractivity contribution >= 4 is 38.0 Å². The Labute approximate surface area is 116 Å². The fourth-order valence-corrected chi connectivity index (χ4v) is 3.10. The molecule has 0 spiro atoms. The molecule has 0 radical (unpaired) electrons. The highest BCUT2D eigenvalue weighted by atomic mass is 16.4. The third-order valence-electron chi connectivity index (χ3n) is 4.07. The van der Waals surface area contributed by atoms with Crippen LogP contribution in [0.2, 0.25) is 0 Å². The van der Waals surface area contributed by atoms with E-state index >= 15 is 0 Å². The normalized spacial score (nSPS) is 12.8. The lowest BCUT2D eigenvalue weighted by Crippen LogP contribution is -1.96. The number of oxime groups is 1. The summed E-state index contributed by atoms with van der Waals surface area (Å²) in [6.07, 6.45) is 0. The molecule has 0 aliphatic carbocycles. The maximum absolute atomic E-state index is 9.07. The quantitative estimate of drug-likeness (QED) is 0.227. The molecular weight excluding hydrogens is 246 g/mol. The molecule has 1 N–H and O–H groups in total. The average Bonchev–Trinajstić information content (AvgIpc) is 2.51. The van der Waals surface area contributed by atoms with E-state index in [4.69, 9.17) is 5.21 Å². The zero-order chi connectivity index (χ0) is 13.7. The average molecular weight is 259 g/mol. The van der Waals surface area contributed by atoms with Gasteiger partial charge in [0, 0.05) is 5.56 Å². The van der Waals surface area contributed by atoms with E-state index in [1.165, 1.54) is 26.9 Å². The van der Waals surface area contributed by atoms with Crippen molar-refractivity contribution in [2.75, 3.05) is 0 Å². The lowest BCUT2D eigenvalue weighted by atomic mass is 9.91. The number of hydrogen-bond donors (Lipinski definition) is 1. The van der Waals surface area contributed by atoms with Gasteiger partial charge in [-0.25, -0.2) is 0 Å². The number of benzene rings is 4. The molecule has 4 aromatic carbocycles. The summed E-state index contributed by atoms with van der Waals surface area (Å²) in [4.78, 5) is 0. The molecule has 0 atom stereocenters. The summed E-state index contributed by atoms with van der Waals surface area (Å²) in [6, 6.07) is 19.1. The SMILES string of the molecule is C/C(=N/O)c1ccc2ccc3cccc4ccc1c2c34. The summed E-state index contributed by atoms with van der Waals surface area (Å²) in [7, 11) is 0. The van der Waals surface area contributed by atoms with Crippen molar-refractivity contribution in [2.45, 2.75) is 6.92 Å². The zero-order valence-corrected chi connectivity index (χ0v) is 11.1. The fourth-order valence-electron chi connectivity index (χ4n) is 3.10. The van der Waals surface area contributed by atoms with Crippen molar-refractivity contribution in [1.82, 2.24) is 0 Å². The first-order valence-electron chi connectivity index (χ1n) is 6.65. The van der Waals surface area contributed by atoms with Crippen LogP contribution in [0.25, 0.3) is 32.3 Å². The molecule has 0 aromatic heterocycles. The second-order valence-electron chi connectivity index (χ2n) is 5.15. The van der Waals surface area contributed by atoms with Gasteiger partial charge in [0.25, 0.3) is 0 Å². The Hall–Kier alpha value is -2.61. The zero-order valence-electron chi connectivity index (χ0n) is 11.1. The highest BCUT2D eigenvalue weighted by Gasteiger charge is 2.11. The third kappa shape index (κ3) is 1.36. The summed E-state index contributed by atoms with van der Waals surface area (Å²) < 4.78 is 0. The van der Waals surface area contributed by atoms with E-state index in [0.29, 0.717) is 5.71 Å². The van der Waals surface area contributed by atoms with Gasteiger partial charge in [0.2, 0.25) is 0 Å². The summed E-state index contributed by atoms with van der Waals surface area (Å²) in [5.74, 6) is 0. The molecule has 0 unspecified atom stereocenters. The Kier molecular flexibility index (Phi) is 2.21. The van der Waals surface area contributed by atoms with Gasteiger partial charge < -0.3 is 5.21 Å². The molecule has 0 aliphatic heterocycles. The Bertz CT molecular complexity index is 953. The van der Waals surface area contributed by atoms with E-state index in [1.807, 2.05) is 13.0 Å². The minimum atomic E-state index is 0.642. The van der Waals surface area contributed by atoms with Crippen LogP contribution in [-0.4, -0.2) is 10.9 Å². The Morgan fingerprint density at radius 2 is 1.40 bits per heavy atom. The molecule has 4 aromatic rings. The lowest BCUT2D eigenvalue weighted by Gasteiger charge is -2.13. The van der Waals surface area contributed by atoms with Crippen molar-refractivity contribution in [2.24, 2.45) is 5.16 Å². The van der Waals surface area contributed by atoms with Crippen molar-refractivity contribution in [3.63, 3.8) is 0 Å². The van der Waals surface area contributed by atoms with E-state index in [0.717, 1.165) is 10.9 Å². The van der Waals surface area contributed by atoms with Crippen molar-refractivity contribution in [3.05, 3.63) is 60.2 Å². The first-order valence-corrected chi connectivity index (χ1v) is 6.65. The summed E-state index contributed by atoms with van der Waals surface area (Å²) in [5.41, 5.74) is 1.63. The minimum Gasteiger partial charge on any atom is -0.411 e. The maximum Gasteiger partial charge on any atom is 0.0843 e. The molecule has 0 amide bonds. The molecule has 0 heterocycles. The summed E-state index contributed by atoms with van der Waals surface area (Å²) >= 11 is 0. The van der Waals surface area contributed by atoms with Gasteiger partial charge in [-0.1, -0.05) is 59.8 Å². The highest BCUT2D eigenvalue weighted by molar-refractivity contribution is 6.26.